The van der Waals surface area contributed by atoms with Gasteiger partial charge in [0.05, 0.1) is 6.61 Å². The molecule has 0 saturated heterocycles. The third kappa shape index (κ3) is 8.87. The fraction of sp³-hybridized carbons (Fsp3) is 0.652. The van der Waals surface area contributed by atoms with Gasteiger partial charge in [0.25, 0.3) is 0 Å². The van der Waals surface area contributed by atoms with Crippen LogP contribution in [-0.4, -0.2) is 36.2 Å². The monoisotopic (exact) mass is 391 g/mol. The van der Waals surface area contributed by atoms with Crippen LogP contribution in [0, 0.1) is 23.7 Å². The molecular formula is C23H37NO4. The first-order chi connectivity index (χ1) is 13.2. The molecule has 0 aromatic heterocycles. The van der Waals surface area contributed by atoms with Gasteiger partial charge in [-0.05, 0) is 42.1 Å². The van der Waals surface area contributed by atoms with Crippen molar-refractivity contribution >= 4 is 11.9 Å². The maximum Gasteiger partial charge on any atom is 0.328 e. The van der Waals surface area contributed by atoms with Gasteiger partial charge in [0, 0.05) is 6.42 Å². The second kappa shape index (κ2) is 12.6. The number of hydrogen-bond donors (Lipinski definition) is 2. The van der Waals surface area contributed by atoms with E-state index in [1.807, 2.05) is 30.3 Å². The quantitative estimate of drug-likeness (QED) is 0.534. The average Bonchev–Trinajstić information content (AvgIpc) is 2.67. The molecular weight excluding hydrogens is 354 g/mol. The summed E-state index contributed by atoms with van der Waals surface area (Å²) in [6.45, 7) is 10.9. The predicted molar refractivity (Wildman–Crippen MR) is 112 cm³/mol. The summed E-state index contributed by atoms with van der Waals surface area (Å²) < 4.78 is 5.46. The summed E-state index contributed by atoms with van der Waals surface area (Å²) in [5.74, 6) is 1.31. The number of carbonyl (C=O) groups excluding carboxylic acids is 2. The van der Waals surface area contributed by atoms with Crippen molar-refractivity contribution in [1.29, 1.82) is 0 Å². The maximum absolute atomic E-state index is 12.5. The summed E-state index contributed by atoms with van der Waals surface area (Å²) in [6.07, 6.45) is 2.29. The zero-order chi connectivity index (χ0) is 21.1. The molecule has 5 nitrogen and oxygen atoms in total. The van der Waals surface area contributed by atoms with Crippen molar-refractivity contribution in [3.05, 3.63) is 35.9 Å². The maximum atomic E-state index is 12.5. The van der Waals surface area contributed by atoms with E-state index in [2.05, 4.69) is 39.9 Å². The zero-order valence-electron chi connectivity index (χ0n) is 18.0. The van der Waals surface area contributed by atoms with Crippen molar-refractivity contribution in [3.63, 3.8) is 0 Å². The molecule has 0 aliphatic heterocycles. The molecule has 0 radical (unpaired) electrons. The molecule has 1 aromatic rings. The van der Waals surface area contributed by atoms with Gasteiger partial charge in [0.2, 0.25) is 5.91 Å². The number of esters is 1. The number of aliphatic hydroxyl groups excluding tert-OH is 1. The van der Waals surface area contributed by atoms with E-state index in [0.29, 0.717) is 36.7 Å². The van der Waals surface area contributed by atoms with Gasteiger partial charge < -0.3 is 15.2 Å². The van der Waals surface area contributed by atoms with Crippen LogP contribution < -0.4 is 5.32 Å². The van der Waals surface area contributed by atoms with Crippen molar-refractivity contribution in [3.8, 4) is 0 Å². The number of nitrogens with one attached hydrogen (secondary N) is 1. The molecule has 0 spiro atoms. The van der Waals surface area contributed by atoms with Crippen LogP contribution in [0.25, 0.3) is 0 Å². The topological polar surface area (TPSA) is 75.6 Å². The molecule has 1 rings (SSSR count). The molecule has 0 fully saturated rings. The van der Waals surface area contributed by atoms with Gasteiger partial charge in [-0.1, -0.05) is 65.0 Å². The lowest BCUT2D eigenvalue weighted by Crippen LogP contribution is -2.44. The van der Waals surface area contributed by atoms with Crippen molar-refractivity contribution in [2.24, 2.45) is 23.7 Å². The van der Waals surface area contributed by atoms with Gasteiger partial charge in [-0.2, -0.15) is 0 Å². The van der Waals surface area contributed by atoms with Crippen LogP contribution in [0.3, 0.4) is 0 Å². The molecule has 0 aliphatic carbocycles. The van der Waals surface area contributed by atoms with E-state index in [0.717, 1.165) is 18.4 Å². The standard InChI is InChI=1S/C23H37NO4/c1-16(2)18(4)13-19(5)17(3)11-12-28-23(27)21(24-22(26)15-25)14-20-9-7-6-8-10-20/h6-10,16-19,21,25H,11-15H2,1-5H3,(H,24,26). The number of benzene rings is 1. The Labute approximate surface area is 169 Å². The number of carbonyl (C=O) groups is 2. The molecule has 0 saturated carbocycles. The van der Waals surface area contributed by atoms with E-state index < -0.39 is 24.5 Å². The lowest BCUT2D eigenvalue weighted by molar-refractivity contribution is -0.148. The molecule has 2 N–H and O–H groups in total. The summed E-state index contributed by atoms with van der Waals surface area (Å²) >= 11 is 0. The summed E-state index contributed by atoms with van der Waals surface area (Å²) in [7, 11) is 0. The van der Waals surface area contributed by atoms with E-state index in [4.69, 9.17) is 9.84 Å². The van der Waals surface area contributed by atoms with Gasteiger partial charge in [0.15, 0.2) is 0 Å². The third-order valence-electron chi connectivity index (χ3n) is 5.72. The minimum atomic E-state index is -0.796. The minimum absolute atomic E-state index is 0.334. The smallest absolute Gasteiger partial charge is 0.328 e. The molecule has 0 aliphatic rings. The highest BCUT2D eigenvalue weighted by Gasteiger charge is 2.23. The molecule has 4 unspecified atom stereocenters. The van der Waals surface area contributed by atoms with Crippen LogP contribution >= 0.6 is 0 Å². The summed E-state index contributed by atoms with van der Waals surface area (Å²) in [5.41, 5.74) is 0.923. The summed E-state index contributed by atoms with van der Waals surface area (Å²) in [5, 5.41) is 11.5. The number of ether oxygens (including phenoxy) is 1. The molecule has 1 aromatic carbocycles. The number of amides is 1. The predicted octanol–water partition coefficient (Wildman–Crippen LogP) is 3.59. The van der Waals surface area contributed by atoms with E-state index in [-0.39, 0.29) is 0 Å². The summed E-state index contributed by atoms with van der Waals surface area (Å²) in [4.78, 5) is 24.1. The molecule has 0 bridgehead atoms. The van der Waals surface area contributed by atoms with Crippen LogP contribution in [0.1, 0.15) is 53.0 Å². The lowest BCUT2D eigenvalue weighted by atomic mass is 9.82. The van der Waals surface area contributed by atoms with Crippen molar-refractivity contribution in [2.45, 2.75) is 59.9 Å². The van der Waals surface area contributed by atoms with E-state index >= 15 is 0 Å². The highest BCUT2D eigenvalue weighted by atomic mass is 16.5. The van der Waals surface area contributed by atoms with Gasteiger partial charge in [-0.15, -0.1) is 0 Å². The largest absolute Gasteiger partial charge is 0.464 e. The second-order valence-electron chi connectivity index (χ2n) is 8.34. The number of hydrogen-bond acceptors (Lipinski definition) is 4. The molecule has 28 heavy (non-hydrogen) atoms. The van der Waals surface area contributed by atoms with Gasteiger partial charge in [-0.3, -0.25) is 4.79 Å². The van der Waals surface area contributed by atoms with Crippen LogP contribution in [0.2, 0.25) is 0 Å². The first-order valence-electron chi connectivity index (χ1n) is 10.3. The Bertz CT molecular complexity index is 588. The third-order valence-corrected chi connectivity index (χ3v) is 5.72. The molecule has 1 amide bonds. The first kappa shape index (κ1) is 24.2. The van der Waals surface area contributed by atoms with Crippen LogP contribution in [-0.2, 0) is 20.7 Å². The molecule has 5 heteroatoms. The lowest BCUT2D eigenvalue weighted by Gasteiger charge is -2.25. The first-order valence-corrected chi connectivity index (χ1v) is 10.3. The fourth-order valence-corrected chi connectivity index (χ4v) is 3.10. The SMILES string of the molecule is CC(C)C(C)CC(C)C(C)CCOC(=O)C(Cc1ccccc1)NC(=O)CO. The van der Waals surface area contributed by atoms with Gasteiger partial charge in [0.1, 0.15) is 12.6 Å². The molecule has 158 valence electrons. The summed E-state index contributed by atoms with van der Waals surface area (Å²) in [6, 6.07) is 8.65. The Morgan fingerprint density at radius 2 is 1.64 bits per heavy atom. The van der Waals surface area contributed by atoms with Crippen molar-refractivity contribution < 1.29 is 19.4 Å². The molecule has 4 atom stereocenters. The van der Waals surface area contributed by atoms with Crippen molar-refractivity contribution in [2.75, 3.05) is 13.2 Å². The number of rotatable bonds is 12. The normalized spacial score (nSPS) is 15.5. The highest BCUT2D eigenvalue weighted by Crippen LogP contribution is 2.26. The Kier molecular flexibility index (Phi) is 10.8. The van der Waals surface area contributed by atoms with E-state index in [1.165, 1.54) is 0 Å². The van der Waals surface area contributed by atoms with Crippen LogP contribution in [0.15, 0.2) is 30.3 Å². The Hall–Kier alpha value is -1.88. The zero-order valence-corrected chi connectivity index (χ0v) is 18.0. The Morgan fingerprint density at radius 3 is 2.21 bits per heavy atom. The van der Waals surface area contributed by atoms with Crippen LogP contribution in [0.4, 0.5) is 0 Å². The number of aliphatic hydroxyl groups is 1. The second-order valence-corrected chi connectivity index (χ2v) is 8.34. The highest BCUT2D eigenvalue weighted by molar-refractivity contribution is 5.85. The molecule has 0 heterocycles. The van der Waals surface area contributed by atoms with Crippen LogP contribution in [0.5, 0.6) is 0 Å². The minimum Gasteiger partial charge on any atom is -0.464 e. The average molecular weight is 392 g/mol. The Balaban J connectivity index is 2.54. The van der Waals surface area contributed by atoms with E-state index in [9.17, 15) is 9.59 Å². The van der Waals surface area contributed by atoms with Crippen molar-refractivity contribution in [1.82, 2.24) is 5.32 Å². The Morgan fingerprint density at radius 1 is 1.00 bits per heavy atom. The van der Waals surface area contributed by atoms with Gasteiger partial charge >= 0.3 is 5.97 Å². The fourth-order valence-electron chi connectivity index (χ4n) is 3.10. The van der Waals surface area contributed by atoms with Gasteiger partial charge in [-0.25, -0.2) is 4.79 Å². The van der Waals surface area contributed by atoms with E-state index in [1.54, 1.807) is 0 Å².